The summed E-state index contributed by atoms with van der Waals surface area (Å²) in [5.74, 6) is 0.342. The molecular weight excluding hydrogens is 196 g/mol. The number of halogens is 1. The van der Waals surface area contributed by atoms with Gasteiger partial charge in [0.2, 0.25) is 0 Å². The molecule has 12 heavy (non-hydrogen) atoms. The van der Waals surface area contributed by atoms with Crippen molar-refractivity contribution in [1.29, 1.82) is 0 Å². The van der Waals surface area contributed by atoms with E-state index in [0.717, 1.165) is 0 Å². The van der Waals surface area contributed by atoms with Crippen LogP contribution in [-0.2, 0) is 9.73 Å². The van der Waals surface area contributed by atoms with Crippen LogP contribution < -0.4 is 0 Å². The van der Waals surface area contributed by atoms with Crippen molar-refractivity contribution >= 4 is 27.1 Å². The molecule has 3 nitrogen and oxygen atoms in total. The van der Waals surface area contributed by atoms with Crippen LogP contribution in [0.4, 0.5) is 5.82 Å². The highest BCUT2D eigenvalue weighted by Crippen LogP contribution is 2.21. The average Bonchev–Trinajstić information content (AvgIpc) is 1.91. The molecule has 0 aliphatic rings. The van der Waals surface area contributed by atoms with E-state index in [0.29, 0.717) is 10.8 Å². The predicted octanol–water partition coefficient (Wildman–Crippen LogP) is 2.09. The first kappa shape index (κ1) is 9.48. The van der Waals surface area contributed by atoms with Crippen LogP contribution in [0, 0.1) is 0 Å². The molecule has 0 radical (unpaired) electrons. The second-order valence-corrected chi connectivity index (χ2v) is 5.53. The molecule has 0 aliphatic heterocycles. The summed E-state index contributed by atoms with van der Waals surface area (Å²) in [6, 6.07) is 3.37. The van der Waals surface area contributed by atoms with Crippen molar-refractivity contribution in [3.63, 3.8) is 0 Å². The van der Waals surface area contributed by atoms with Gasteiger partial charge in [-0.3, -0.25) is 0 Å². The molecule has 0 amide bonds. The summed E-state index contributed by atoms with van der Waals surface area (Å²) in [6.07, 6.45) is 4.64. The van der Waals surface area contributed by atoms with Crippen molar-refractivity contribution in [3.05, 3.63) is 23.4 Å². The van der Waals surface area contributed by atoms with E-state index in [2.05, 4.69) is 9.35 Å². The molecule has 0 atom stereocenters. The van der Waals surface area contributed by atoms with Gasteiger partial charge in [-0.1, -0.05) is 11.6 Å². The minimum atomic E-state index is -2.17. The third kappa shape index (κ3) is 2.79. The van der Waals surface area contributed by atoms with E-state index in [-0.39, 0.29) is 0 Å². The van der Waals surface area contributed by atoms with Crippen molar-refractivity contribution in [3.8, 4) is 0 Å². The van der Waals surface area contributed by atoms with E-state index < -0.39 is 9.73 Å². The second kappa shape index (κ2) is 3.41. The number of rotatable bonds is 1. The number of hydrogen-bond acceptors (Lipinski definition) is 3. The van der Waals surface area contributed by atoms with Crippen LogP contribution in [-0.4, -0.2) is 21.7 Å². The van der Waals surface area contributed by atoms with E-state index in [4.69, 9.17) is 11.6 Å². The van der Waals surface area contributed by atoms with E-state index in [1.807, 2.05) is 0 Å². The number of nitrogens with zero attached hydrogens (tertiary/aromatic N) is 2. The van der Waals surface area contributed by atoms with Crippen molar-refractivity contribution in [2.75, 3.05) is 12.5 Å². The summed E-state index contributed by atoms with van der Waals surface area (Å²) < 4.78 is 15.1. The SMILES string of the molecule is CS(C)(=O)=Nc1ncccc1Cl. The molecule has 0 bridgehead atoms. The number of aromatic nitrogens is 1. The van der Waals surface area contributed by atoms with Crippen LogP contribution in [0.15, 0.2) is 22.7 Å². The fourth-order valence-electron chi connectivity index (χ4n) is 0.653. The van der Waals surface area contributed by atoms with Gasteiger partial charge in [0.1, 0.15) is 0 Å². The molecule has 0 fully saturated rings. The summed E-state index contributed by atoms with van der Waals surface area (Å²) in [4.78, 5) is 3.89. The van der Waals surface area contributed by atoms with E-state index in [1.165, 1.54) is 12.5 Å². The maximum Gasteiger partial charge on any atom is 0.180 e. The van der Waals surface area contributed by atoms with Gasteiger partial charge in [-0.25, -0.2) is 9.19 Å². The van der Waals surface area contributed by atoms with Crippen LogP contribution in [0.1, 0.15) is 0 Å². The van der Waals surface area contributed by atoms with Crippen LogP contribution in [0.5, 0.6) is 0 Å². The summed E-state index contributed by atoms with van der Waals surface area (Å²) in [7, 11) is -2.17. The van der Waals surface area contributed by atoms with Gasteiger partial charge < -0.3 is 0 Å². The highest BCUT2D eigenvalue weighted by molar-refractivity contribution is 7.92. The number of pyridine rings is 1. The van der Waals surface area contributed by atoms with Crippen LogP contribution in [0.3, 0.4) is 0 Å². The van der Waals surface area contributed by atoms with Crippen LogP contribution in [0.2, 0.25) is 5.02 Å². The third-order valence-corrected chi connectivity index (χ3v) is 1.95. The minimum absolute atomic E-state index is 0.342. The Balaban J connectivity index is 3.23. The van der Waals surface area contributed by atoms with Gasteiger partial charge in [0, 0.05) is 28.4 Å². The van der Waals surface area contributed by atoms with Crippen LogP contribution in [0.25, 0.3) is 0 Å². The Morgan fingerprint density at radius 3 is 2.75 bits per heavy atom. The lowest BCUT2D eigenvalue weighted by Crippen LogP contribution is -1.90. The molecule has 1 aromatic heterocycles. The molecule has 1 heterocycles. The molecule has 0 saturated heterocycles. The molecule has 0 saturated carbocycles. The Kier molecular flexibility index (Phi) is 2.69. The zero-order valence-corrected chi connectivity index (χ0v) is 8.39. The normalized spacial score (nSPS) is 11.2. The zero-order chi connectivity index (χ0) is 9.19. The Labute approximate surface area is 77.0 Å². The smallest absolute Gasteiger partial charge is 0.180 e. The van der Waals surface area contributed by atoms with Crippen molar-refractivity contribution in [1.82, 2.24) is 4.98 Å². The van der Waals surface area contributed by atoms with Crippen molar-refractivity contribution in [2.24, 2.45) is 4.36 Å². The van der Waals surface area contributed by atoms with Gasteiger partial charge in [-0.2, -0.15) is 4.36 Å². The summed E-state index contributed by atoms with van der Waals surface area (Å²) in [6.45, 7) is 0. The molecule has 1 aromatic rings. The first-order valence-corrected chi connectivity index (χ1v) is 5.97. The molecule has 0 aromatic carbocycles. The highest BCUT2D eigenvalue weighted by Gasteiger charge is 1.99. The number of hydrogen-bond donors (Lipinski definition) is 0. The summed E-state index contributed by atoms with van der Waals surface area (Å²) in [5, 5.41) is 0.425. The average molecular weight is 205 g/mol. The minimum Gasteiger partial charge on any atom is -0.250 e. The van der Waals surface area contributed by atoms with E-state index >= 15 is 0 Å². The second-order valence-electron chi connectivity index (χ2n) is 2.58. The molecule has 66 valence electrons. The van der Waals surface area contributed by atoms with E-state index in [9.17, 15) is 4.21 Å². The van der Waals surface area contributed by atoms with Crippen LogP contribution >= 0.6 is 11.6 Å². The predicted molar refractivity (Wildman–Crippen MR) is 51.3 cm³/mol. The Morgan fingerprint density at radius 1 is 1.58 bits per heavy atom. The molecule has 1 rings (SSSR count). The largest absolute Gasteiger partial charge is 0.250 e. The first-order valence-electron chi connectivity index (χ1n) is 3.27. The molecule has 5 heteroatoms. The van der Waals surface area contributed by atoms with Gasteiger partial charge in [0.05, 0.1) is 5.02 Å². The van der Waals surface area contributed by atoms with Gasteiger partial charge in [0.25, 0.3) is 0 Å². The Bertz CT molecular complexity index is 388. The zero-order valence-electron chi connectivity index (χ0n) is 6.82. The lowest BCUT2D eigenvalue weighted by atomic mass is 10.5. The standard InChI is InChI=1S/C7H9ClN2OS/c1-12(2,11)10-7-6(8)4-3-5-9-7/h3-5H,1-2H3. The fourth-order valence-corrected chi connectivity index (χ4v) is 1.43. The Morgan fingerprint density at radius 2 is 2.25 bits per heavy atom. The van der Waals surface area contributed by atoms with Crippen molar-refractivity contribution in [2.45, 2.75) is 0 Å². The summed E-state index contributed by atoms with van der Waals surface area (Å²) in [5.41, 5.74) is 0. The van der Waals surface area contributed by atoms with Gasteiger partial charge in [-0.05, 0) is 12.1 Å². The molecule has 0 N–H and O–H groups in total. The summed E-state index contributed by atoms with van der Waals surface area (Å²) >= 11 is 5.75. The molecule has 0 unspecified atom stereocenters. The maximum atomic E-state index is 11.2. The van der Waals surface area contributed by atoms with Gasteiger partial charge in [0.15, 0.2) is 5.82 Å². The molecular formula is C7H9ClN2OS. The first-order chi connectivity index (χ1) is 5.49. The monoisotopic (exact) mass is 204 g/mol. The third-order valence-electron chi connectivity index (χ3n) is 1.05. The quantitative estimate of drug-likeness (QED) is 0.703. The van der Waals surface area contributed by atoms with E-state index in [1.54, 1.807) is 18.3 Å². The van der Waals surface area contributed by atoms with Crippen molar-refractivity contribution < 1.29 is 4.21 Å². The topological polar surface area (TPSA) is 42.3 Å². The van der Waals surface area contributed by atoms with Gasteiger partial charge >= 0.3 is 0 Å². The lowest BCUT2D eigenvalue weighted by Gasteiger charge is -1.96. The Hall–Kier alpha value is -0.610. The van der Waals surface area contributed by atoms with Gasteiger partial charge in [-0.15, -0.1) is 0 Å². The maximum absolute atomic E-state index is 11.2. The lowest BCUT2D eigenvalue weighted by molar-refractivity contribution is 0.684. The fraction of sp³-hybridized carbons (Fsp3) is 0.286. The highest BCUT2D eigenvalue weighted by atomic mass is 35.5. The molecule has 0 spiro atoms. The molecule has 0 aliphatic carbocycles.